The molecule has 0 fully saturated rings. The summed E-state index contributed by atoms with van der Waals surface area (Å²) in [5.74, 6) is -0.323. The van der Waals surface area contributed by atoms with Gasteiger partial charge in [0.2, 0.25) is 0 Å². The van der Waals surface area contributed by atoms with Gasteiger partial charge in [0.25, 0.3) is 5.56 Å². The van der Waals surface area contributed by atoms with Gasteiger partial charge in [0.05, 0.1) is 18.1 Å². The van der Waals surface area contributed by atoms with E-state index in [1.807, 2.05) is 45.9 Å². The third-order valence-corrected chi connectivity index (χ3v) is 5.72. The van der Waals surface area contributed by atoms with Crippen LogP contribution in [0.2, 0.25) is 0 Å². The van der Waals surface area contributed by atoms with Gasteiger partial charge in [0, 0.05) is 11.4 Å². The average Bonchev–Trinajstić information content (AvgIpc) is 2.90. The maximum atomic E-state index is 12.6. The van der Waals surface area contributed by atoms with Crippen LogP contribution in [-0.4, -0.2) is 15.5 Å². The average molecular weight is 370 g/mol. The third-order valence-electron chi connectivity index (χ3n) is 4.61. The first-order valence-electron chi connectivity index (χ1n) is 8.53. The van der Waals surface area contributed by atoms with Gasteiger partial charge in [-0.2, -0.15) is 0 Å². The molecule has 0 saturated heterocycles. The highest BCUT2D eigenvalue weighted by atomic mass is 32.1. The molecule has 0 aliphatic carbocycles. The van der Waals surface area contributed by atoms with Gasteiger partial charge in [-0.15, -0.1) is 11.3 Å². The van der Waals surface area contributed by atoms with E-state index in [1.165, 1.54) is 22.2 Å². The van der Waals surface area contributed by atoms with Crippen LogP contribution in [-0.2, 0) is 22.7 Å². The Bertz CT molecular complexity index is 1030. The van der Waals surface area contributed by atoms with Gasteiger partial charge < -0.3 is 4.74 Å². The van der Waals surface area contributed by atoms with E-state index in [9.17, 15) is 9.59 Å². The Balaban J connectivity index is 1.65. The van der Waals surface area contributed by atoms with Crippen LogP contribution in [0.4, 0.5) is 0 Å². The van der Waals surface area contributed by atoms with E-state index in [0.717, 1.165) is 32.0 Å². The van der Waals surface area contributed by atoms with E-state index >= 15 is 0 Å². The van der Waals surface area contributed by atoms with E-state index in [4.69, 9.17) is 4.74 Å². The lowest BCUT2D eigenvalue weighted by Gasteiger charge is -2.09. The molecule has 26 heavy (non-hydrogen) atoms. The minimum absolute atomic E-state index is 0.0980. The SMILES string of the molecule is Cc1ccc(C)c(COC(=O)CCn2cnc3sc(C)c(C)c3c2=O)c1. The second kappa shape index (κ2) is 7.41. The number of aryl methyl sites for hydroxylation is 5. The van der Waals surface area contributed by atoms with Crippen molar-refractivity contribution in [3.8, 4) is 0 Å². The summed E-state index contributed by atoms with van der Waals surface area (Å²) in [4.78, 5) is 30.9. The van der Waals surface area contributed by atoms with Crippen molar-refractivity contribution in [3.05, 3.63) is 62.0 Å². The zero-order chi connectivity index (χ0) is 18.8. The van der Waals surface area contributed by atoms with Crippen molar-refractivity contribution in [2.45, 2.75) is 47.3 Å². The molecule has 2 aromatic heterocycles. The molecule has 136 valence electrons. The summed E-state index contributed by atoms with van der Waals surface area (Å²) in [6.07, 6.45) is 1.65. The number of fused-ring (bicyclic) bond motifs is 1. The molecule has 0 saturated carbocycles. The second-order valence-electron chi connectivity index (χ2n) is 6.55. The summed E-state index contributed by atoms with van der Waals surface area (Å²) in [5, 5.41) is 0.652. The third kappa shape index (κ3) is 3.70. The highest BCUT2D eigenvalue weighted by molar-refractivity contribution is 7.18. The van der Waals surface area contributed by atoms with E-state index in [-0.39, 0.29) is 31.1 Å². The number of hydrogen-bond acceptors (Lipinski definition) is 5. The second-order valence-corrected chi connectivity index (χ2v) is 7.75. The molecule has 0 amide bonds. The van der Waals surface area contributed by atoms with Gasteiger partial charge >= 0.3 is 5.97 Å². The van der Waals surface area contributed by atoms with E-state index < -0.39 is 0 Å². The number of hydrogen-bond donors (Lipinski definition) is 0. The molecule has 5 nitrogen and oxygen atoms in total. The molecule has 1 aromatic carbocycles. The predicted octanol–water partition coefficient (Wildman–Crippen LogP) is 3.83. The van der Waals surface area contributed by atoms with Crippen molar-refractivity contribution in [1.82, 2.24) is 9.55 Å². The minimum Gasteiger partial charge on any atom is -0.461 e. The number of benzene rings is 1. The number of rotatable bonds is 5. The van der Waals surface area contributed by atoms with Crippen molar-refractivity contribution in [2.75, 3.05) is 0 Å². The van der Waals surface area contributed by atoms with Crippen LogP contribution < -0.4 is 5.56 Å². The van der Waals surface area contributed by atoms with Crippen molar-refractivity contribution < 1.29 is 9.53 Å². The fraction of sp³-hybridized carbons (Fsp3) is 0.350. The molecular weight excluding hydrogens is 348 g/mol. The number of ether oxygens (including phenoxy) is 1. The number of carbonyl (C=O) groups is 1. The lowest BCUT2D eigenvalue weighted by molar-refractivity contribution is -0.145. The molecule has 0 aliphatic rings. The minimum atomic E-state index is -0.323. The highest BCUT2D eigenvalue weighted by Crippen LogP contribution is 2.25. The molecule has 0 spiro atoms. The predicted molar refractivity (Wildman–Crippen MR) is 104 cm³/mol. The first-order valence-corrected chi connectivity index (χ1v) is 9.35. The number of thiophene rings is 1. The zero-order valence-corrected chi connectivity index (χ0v) is 16.3. The van der Waals surface area contributed by atoms with Crippen LogP contribution in [0.15, 0.2) is 29.3 Å². The molecule has 3 aromatic rings. The Hall–Kier alpha value is -2.47. The van der Waals surface area contributed by atoms with Gasteiger partial charge in [0.15, 0.2) is 0 Å². The van der Waals surface area contributed by atoms with Gasteiger partial charge in [-0.3, -0.25) is 14.2 Å². The Labute approximate surface area is 156 Å². The number of nitrogens with zero attached hydrogens (tertiary/aromatic N) is 2. The zero-order valence-electron chi connectivity index (χ0n) is 15.5. The lowest BCUT2D eigenvalue weighted by atomic mass is 10.1. The molecule has 0 radical (unpaired) electrons. The lowest BCUT2D eigenvalue weighted by Crippen LogP contribution is -2.22. The topological polar surface area (TPSA) is 61.2 Å². The Morgan fingerprint density at radius 3 is 2.77 bits per heavy atom. The molecule has 2 heterocycles. The van der Waals surface area contributed by atoms with Crippen molar-refractivity contribution in [1.29, 1.82) is 0 Å². The smallest absolute Gasteiger partial charge is 0.307 e. The molecule has 0 aliphatic heterocycles. The van der Waals surface area contributed by atoms with Crippen molar-refractivity contribution in [3.63, 3.8) is 0 Å². The maximum absolute atomic E-state index is 12.6. The summed E-state index contributed by atoms with van der Waals surface area (Å²) in [7, 11) is 0. The van der Waals surface area contributed by atoms with Crippen molar-refractivity contribution in [2.24, 2.45) is 0 Å². The fourth-order valence-corrected chi connectivity index (χ4v) is 3.81. The molecule has 0 unspecified atom stereocenters. The van der Waals surface area contributed by atoms with Gasteiger partial charge in [-0.05, 0) is 44.4 Å². The van der Waals surface area contributed by atoms with Crippen molar-refractivity contribution >= 4 is 27.5 Å². The summed E-state index contributed by atoms with van der Waals surface area (Å²) in [6, 6.07) is 6.07. The first-order chi connectivity index (χ1) is 12.4. The van der Waals surface area contributed by atoms with E-state index in [0.29, 0.717) is 5.39 Å². The number of carbonyl (C=O) groups excluding carboxylic acids is 1. The standard InChI is InChI=1S/C20H22N2O3S/c1-12-5-6-13(2)16(9-12)10-25-17(23)7-8-22-11-21-19-18(20(22)24)14(3)15(4)26-19/h5-6,9,11H,7-8,10H2,1-4H3. The first kappa shape index (κ1) is 18.3. The largest absolute Gasteiger partial charge is 0.461 e. The van der Waals surface area contributed by atoms with Crippen LogP contribution in [0.25, 0.3) is 10.2 Å². The summed E-state index contributed by atoms with van der Waals surface area (Å²) in [5.41, 5.74) is 4.10. The quantitative estimate of drug-likeness (QED) is 0.641. The van der Waals surface area contributed by atoms with Crippen LogP contribution in [0, 0.1) is 27.7 Å². The molecule has 0 atom stereocenters. The van der Waals surface area contributed by atoms with Crippen LogP contribution in [0.1, 0.15) is 33.6 Å². The van der Waals surface area contributed by atoms with Gasteiger partial charge in [-0.1, -0.05) is 23.8 Å². The highest BCUT2D eigenvalue weighted by Gasteiger charge is 2.13. The summed E-state index contributed by atoms with van der Waals surface area (Å²) >= 11 is 1.52. The summed E-state index contributed by atoms with van der Waals surface area (Å²) in [6.45, 7) is 8.43. The molecule has 0 N–H and O–H groups in total. The summed E-state index contributed by atoms with van der Waals surface area (Å²) < 4.78 is 6.85. The van der Waals surface area contributed by atoms with Gasteiger partial charge in [0.1, 0.15) is 11.4 Å². The Kier molecular flexibility index (Phi) is 5.23. The van der Waals surface area contributed by atoms with Gasteiger partial charge in [-0.25, -0.2) is 4.98 Å². The Morgan fingerprint density at radius 1 is 1.23 bits per heavy atom. The monoisotopic (exact) mass is 370 g/mol. The van der Waals surface area contributed by atoms with E-state index in [1.54, 1.807) is 0 Å². The number of aromatic nitrogens is 2. The maximum Gasteiger partial charge on any atom is 0.307 e. The molecule has 0 bridgehead atoms. The molecule has 3 rings (SSSR count). The normalized spacial score (nSPS) is 11.1. The van der Waals surface area contributed by atoms with E-state index in [2.05, 4.69) is 4.98 Å². The Morgan fingerprint density at radius 2 is 2.00 bits per heavy atom. The fourth-order valence-electron chi connectivity index (χ4n) is 2.83. The van der Waals surface area contributed by atoms with Crippen LogP contribution in [0.3, 0.4) is 0 Å². The molecule has 6 heteroatoms. The van der Waals surface area contributed by atoms with Crippen LogP contribution >= 0.6 is 11.3 Å². The number of esters is 1. The molecular formula is C20H22N2O3S. The van der Waals surface area contributed by atoms with Crippen LogP contribution in [0.5, 0.6) is 0 Å².